The van der Waals surface area contributed by atoms with Gasteiger partial charge in [-0.2, -0.15) is 0 Å². The van der Waals surface area contributed by atoms with Crippen molar-refractivity contribution in [1.29, 1.82) is 0 Å². The van der Waals surface area contributed by atoms with Crippen LogP contribution in [0.1, 0.15) is 17.0 Å². The van der Waals surface area contributed by atoms with Crippen molar-refractivity contribution in [2.45, 2.75) is 13.8 Å². The fraction of sp³-hybridized carbons (Fsp3) is 0.0741. The number of aryl methyl sites for hydroxylation is 1. The van der Waals surface area contributed by atoms with Gasteiger partial charge >= 0.3 is 0 Å². The number of benzene rings is 3. The molecule has 2 amide bonds. The van der Waals surface area contributed by atoms with Gasteiger partial charge in [0.1, 0.15) is 5.57 Å². The van der Waals surface area contributed by atoms with E-state index in [1.807, 2.05) is 86.6 Å². The molecule has 0 atom stereocenters. The zero-order valence-corrected chi connectivity index (χ0v) is 20.1. The summed E-state index contributed by atoms with van der Waals surface area (Å²) < 4.78 is 2.06. The zero-order valence-electron chi connectivity index (χ0n) is 18.5. The van der Waals surface area contributed by atoms with E-state index in [0.717, 1.165) is 33.4 Å². The van der Waals surface area contributed by atoms with Crippen LogP contribution in [-0.4, -0.2) is 21.5 Å². The van der Waals surface area contributed by atoms with Gasteiger partial charge in [0, 0.05) is 27.5 Å². The lowest BCUT2D eigenvalue weighted by molar-refractivity contribution is -0.122. The van der Waals surface area contributed by atoms with Crippen molar-refractivity contribution in [3.63, 3.8) is 0 Å². The summed E-state index contributed by atoms with van der Waals surface area (Å²) in [5.74, 6) is -0.968. The number of fused-ring (bicyclic) bond motifs is 1. The van der Waals surface area contributed by atoms with Gasteiger partial charge in [-0.15, -0.1) is 0 Å². The van der Waals surface area contributed by atoms with Crippen LogP contribution < -0.4 is 10.2 Å². The van der Waals surface area contributed by atoms with Crippen LogP contribution >= 0.6 is 23.8 Å². The van der Waals surface area contributed by atoms with E-state index in [1.54, 1.807) is 6.08 Å². The number of anilines is 1. The predicted molar refractivity (Wildman–Crippen MR) is 140 cm³/mol. The van der Waals surface area contributed by atoms with Crippen molar-refractivity contribution in [1.82, 2.24) is 9.88 Å². The first-order valence-corrected chi connectivity index (χ1v) is 11.5. The maximum absolute atomic E-state index is 13.6. The first-order valence-electron chi connectivity index (χ1n) is 10.7. The maximum Gasteiger partial charge on any atom is 0.270 e. The van der Waals surface area contributed by atoms with Gasteiger partial charge in [0.2, 0.25) is 0 Å². The highest BCUT2D eigenvalue weighted by Gasteiger charge is 2.35. The molecule has 5 rings (SSSR count). The van der Waals surface area contributed by atoms with E-state index in [2.05, 4.69) is 9.88 Å². The quantitative estimate of drug-likeness (QED) is 0.229. The van der Waals surface area contributed by atoms with Crippen LogP contribution in [0.25, 0.3) is 22.5 Å². The number of rotatable bonds is 3. The molecular formula is C27H20ClN3O2S. The summed E-state index contributed by atoms with van der Waals surface area (Å²) >= 11 is 11.4. The fourth-order valence-electron chi connectivity index (χ4n) is 4.36. The number of hydrogen-bond donors (Lipinski definition) is 1. The van der Waals surface area contributed by atoms with Crippen LogP contribution in [0.15, 0.2) is 78.4 Å². The Bertz CT molecular complexity index is 1510. The second kappa shape index (κ2) is 8.56. The summed E-state index contributed by atoms with van der Waals surface area (Å²) in [4.78, 5) is 27.8. The predicted octanol–water partition coefficient (Wildman–Crippen LogP) is 5.73. The third kappa shape index (κ3) is 3.71. The smallest absolute Gasteiger partial charge is 0.270 e. The van der Waals surface area contributed by atoms with Gasteiger partial charge in [-0.3, -0.25) is 19.8 Å². The van der Waals surface area contributed by atoms with Crippen molar-refractivity contribution in [3.8, 4) is 5.69 Å². The largest absolute Gasteiger partial charge is 0.318 e. The molecule has 1 fully saturated rings. The number of thiocarbonyl (C=S) groups is 1. The van der Waals surface area contributed by atoms with E-state index in [1.165, 1.54) is 4.90 Å². The third-order valence-electron chi connectivity index (χ3n) is 5.96. The first-order chi connectivity index (χ1) is 16.3. The topological polar surface area (TPSA) is 54.3 Å². The molecule has 0 radical (unpaired) electrons. The lowest BCUT2D eigenvalue weighted by Gasteiger charge is -2.29. The first kappa shape index (κ1) is 22.1. The lowest BCUT2D eigenvalue weighted by atomic mass is 10.0. The minimum atomic E-state index is -0.511. The van der Waals surface area contributed by atoms with Crippen molar-refractivity contribution in [2.75, 3.05) is 4.90 Å². The summed E-state index contributed by atoms with van der Waals surface area (Å²) in [7, 11) is 0. The number of carbonyl (C=O) groups excluding carboxylic acids is 2. The third-order valence-corrected chi connectivity index (χ3v) is 6.50. The monoisotopic (exact) mass is 485 g/mol. The SMILES string of the molecule is Cc1cc(/C=C2\C(=O)NC(=S)N(c3cccc4ccccc34)C2=O)c(C)n1-c1ccc(Cl)cc1. The van der Waals surface area contributed by atoms with E-state index in [0.29, 0.717) is 10.7 Å². The zero-order chi connectivity index (χ0) is 24.0. The maximum atomic E-state index is 13.6. The van der Waals surface area contributed by atoms with Crippen LogP contribution in [0, 0.1) is 13.8 Å². The number of hydrogen-bond acceptors (Lipinski definition) is 3. The van der Waals surface area contributed by atoms with Crippen molar-refractivity contribution in [3.05, 3.63) is 100 Å². The molecule has 0 aliphatic carbocycles. The van der Waals surface area contributed by atoms with Gasteiger partial charge in [-0.1, -0.05) is 48.0 Å². The molecule has 0 saturated carbocycles. The van der Waals surface area contributed by atoms with Gasteiger partial charge in [0.15, 0.2) is 5.11 Å². The number of halogens is 1. The Balaban J connectivity index is 1.59. The molecule has 1 saturated heterocycles. The minimum absolute atomic E-state index is 0.0258. The summed E-state index contributed by atoms with van der Waals surface area (Å²) in [6.07, 6.45) is 1.63. The second-order valence-corrected chi connectivity index (χ2v) is 8.92. The summed E-state index contributed by atoms with van der Waals surface area (Å²) in [5.41, 5.74) is 4.25. The minimum Gasteiger partial charge on any atom is -0.318 e. The molecule has 0 bridgehead atoms. The van der Waals surface area contributed by atoms with Crippen LogP contribution in [0.3, 0.4) is 0 Å². The Morgan fingerprint density at radius 2 is 1.65 bits per heavy atom. The standard InChI is InChI=1S/C27H20ClN3O2S/c1-16-14-19(17(2)30(16)21-12-10-20(28)11-13-21)15-23-25(32)29-27(34)31(26(23)33)24-9-5-7-18-6-3-4-8-22(18)24/h3-15H,1-2H3,(H,29,32,34)/b23-15+. The fourth-order valence-corrected chi connectivity index (χ4v) is 4.76. The molecule has 4 aromatic rings. The van der Waals surface area contributed by atoms with E-state index >= 15 is 0 Å². The molecule has 0 unspecified atom stereocenters. The van der Waals surface area contributed by atoms with Gasteiger partial charge in [-0.25, -0.2) is 0 Å². The van der Waals surface area contributed by atoms with E-state index in [-0.39, 0.29) is 10.7 Å². The van der Waals surface area contributed by atoms with E-state index in [9.17, 15) is 9.59 Å². The molecule has 1 aliphatic heterocycles. The normalized spacial score (nSPS) is 15.3. The van der Waals surface area contributed by atoms with Gasteiger partial charge in [0.05, 0.1) is 5.69 Å². The number of amides is 2. The molecule has 1 aliphatic rings. The lowest BCUT2D eigenvalue weighted by Crippen LogP contribution is -2.54. The van der Waals surface area contributed by atoms with Crippen LogP contribution in [0.4, 0.5) is 5.69 Å². The molecule has 0 spiro atoms. The van der Waals surface area contributed by atoms with E-state index < -0.39 is 11.8 Å². The average Bonchev–Trinajstić information content (AvgIpc) is 3.10. The highest BCUT2D eigenvalue weighted by molar-refractivity contribution is 7.80. The highest BCUT2D eigenvalue weighted by Crippen LogP contribution is 2.31. The number of nitrogens with one attached hydrogen (secondary N) is 1. The average molecular weight is 486 g/mol. The van der Waals surface area contributed by atoms with Gasteiger partial charge in [0.25, 0.3) is 11.8 Å². The molecule has 7 heteroatoms. The highest BCUT2D eigenvalue weighted by atomic mass is 35.5. The number of nitrogens with zero attached hydrogens (tertiary/aromatic N) is 2. The van der Waals surface area contributed by atoms with Crippen molar-refractivity contribution >= 4 is 63.3 Å². The molecule has 34 heavy (non-hydrogen) atoms. The van der Waals surface area contributed by atoms with Crippen LogP contribution in [-0.2, 0) is 9.59 Å². The summed E-state index contributed by atoms with van der Waals surface area (Å²) in [6, 6.07) is 22.9. The van der Waals surface area contributed by atoms with Crippen molar-refractivity contribution < 1.29 is 9.59 Å². The van der Waals surface area contributed by atoms with E-state index in [4.69, 9.17) is 23.8 Å². The van der Waals surface area contributed by atoms with Crippen LogP contribution in [0.2, 0.25) is 5.02 Å². The van der Waals surface area contributed by atoms with Crippen molar-refractivity contribution in [2.24, 2.45) is 0 Å². The molecule has 1 aromatic heterocycles. The molecular weight excluding hydrogens is 466 g/mol. The Labute approximate surface area is 207 Å². The molecule has 5 nitrogen and oxygen atoms in total. The Morgan fingerprint density at radius 3 is 2.41 bits per heavy atom. The van der Waals surface area contributed by atoms with Gasteiger partial charge in [-0.05, 0) is 79.5 Å². The Morgan fingerprint density at radius 1 is 0.941 bits per heavy atom. The van der Waals surface area contributed by atoms with Gasteiger partial charge < -0.3 is 4.57 Å². The number of aromatic nitrogens is 1. The number of carbonyl (C=O) groups is 2. The summed E-state index contributed by atoms with van der Waals surface area (Å²) in [6.45, 7) is 3.93. The molecule has 2 heterocycles. The van der Waals surface area contributed by atoms with Crippen LogP contribution in [0.5, 0.6) is 0 Å². The molecule has 168 valence electrons. The second-order valence-electron chi connectivity index (χ2n) is 8.09. The Kier molecular flexibility index (Phi) is 5.55. The summed E-state index contributed by atoms with van der Waals surface area (Å²) in [5, 5.41) is 5.25. The molecule has 3 aromatic carbocycles. The Hall–Kier alpha value is -3.74. The molecule has 1 N–H and O–H groups in total.